The van der Waals surface area contributed by atoms with Crippen LogP contribution in [0.25, 0.3) is 0 Å². The molecular weight excluding hydrogens is 284 g/mol. The lowest BCUT2D eigenvalue weighted by Gasteiger charge is -2.37. The van der Waals surface area contributed by atoms with E-state index in [1.54, 1.807) is 10.4 Å². The number of hydrogen-bond donors (Lipinski definition) is 1. The molecule has 5 heteroatoms. The highest BCUT2D eigenvalue weighted by Crippen LogP contribution is 2.35. The van der Waals surface area contributed by atoms with Gasteiger partial charge in [-0.25, -0.2) is 8.42 Å². The summed E-state index contributed by atoms with van der Waals surface area (Å²) in [5, 5.41) is 3.31. The molecule has 0 amide bonds. The van der Waals surface area contributed by atoms with Crippen molar-refractivity contribution in [1.29, 1.82) is 0 Å². The lowest BCUT2D eigenvalue weighted by atomic mass is 9.85. The summed E-state index contributed by atoms with van der Waals surface area (Å²) in [5.41, 5.74) is 2.02. The van der Waals surface area contributed by atoms with Crippen LogP contribution in [0.2, 0.25) is 0 Å². The summed E-state index contributed by atoms with van der Waals surface area (Å²) in [6, 6.07) is 5.59. The number of fused-ring (bicyclic) bond motifs is 1. The minimum atomic E-state index is -3.38. The molecule has 0 radical (unpaired) electrons. The van der Waals surface area contributed by atoms with Crippen LogP contribution in [-0.4, -0.2) is 32.4 Å². The van der Waals surface area contributed by atoms with Crippen LogP contribution < -0.4 is 5.32 Å². The summed E-state index contributed by atoms with van der Waals surface area (Å²) in [6.07, 6.45) is 3.87. The second-order valence-electron chi connectivity index (χ2n) is 6.92. The Bertz CT molecular complexity index is 638. The molecule has 21 heavy (non-hydrogen) atoms. The van der Waals surface area contributed by atoms with Gasteiger partial charge in [0.2, 0.25) is 10.0 Å². The summed E-state index contributed by atoms with van der Waals surface area (Å²) in [6.45, 7) is 6.48. The highest BCUT2D eigenvalue weighted by Gasteiger charge is 2.35. The maximum atomic E-state index is 13.0. The van der Waals surface area contributed by atoms with Crippen LogP contribution in [0, 0.1) is 5.41 Å². The number of hydrogen-bond acceptors (Lipinski definition) is 3. The molecule has 1 aromatic carbocycles. The van der Waals surface area contributed by atoms with Gasteiger partial charge in [-0.2, -0.15) is 4.31 Å². The van der Waals surface area contributed by atoms with Crippen LogP contribution >= 0.6 is 0 Å². The lowest BCUT2D eigenvalue weighted by molar-refractivity contribution is 0.187. The zero-order valence-electron chi connectivity index (χ0n) is 12.9. The first-order valence-electron chi connectivity index (χ1n) is 7.76. The molecule has 1 fully saturated rings. The van der Waals surface area contributed by atoms with Gasteiger partial charge >= 0.3 is 0 Å². The summed E-state index contributed by atoms with van der Waals surface area (Å²) >= 11 is 0. The van der Waals surface area contributed by atoms with Crippen LogP contribution in [-0.2, 0) is 16.4 Å². The molecule has 116 valence electrons. The first-order valence-corrected chi connectivity index (χ1v) is 9.20. The normalized spacial score (nSPS) is 22.4. The van der Waals surface area contributed by atoms with Crippen molar-refractivity contribution in [2.75, 3.05) is 25.0 Å². The molecule has 0 atom stereocenters. The number of nitrogens with zero attached hydrogens (tertiary/aromatic N) is 1. The van der Waals surface area contributed by atoms with E-state index >= 15 is 0 Å². The maximum absolute atomic E-state index is 13.0. The van der Waals surface area contributed by atoms with E-state index in [1.807, 2.05) is 12.1 Å². The molecule has 0 spiro atoms. The average molecular weight is 308 g/mol. The van der Waals surface area contributed by atoms with Gasteiger partial charge in [0.05, 0.1) is 4.90 Å². The van der Waals surface area contributed by atoms with Crippen LogP contribution in [0.15, 0.2) is 23.1 Å². The Morgan fingerprint density at radius 2 is 2.05 bits per heavy atom. The third kappa shape index (κ3) is 2.81. The molecule has 3 rings (SSSR count). The number of anilines is 1. The van der Waals surface area contributed by atoms with E-state index in [-0.39, 0.29) is 5.41 Å². The largest absolute Gasteiger partial charge is 0.385 e. The standard InChI is InChI=1S/C16H24N2O2S/c1-16(2)9-5-11-18(12-16)21(19,20)15-8-3-7-14-13(15)6-4-10-17-14/h3,7-8,17H,4-6,9-12H2,1-2H3. The molecule has 0 unspecified atom stereocenters. The Kier molecular flexibility index (Phi) is 3.74. The molecule has 1 saturated heterocycles. The fourth-order valence-corrected chi connectivity index (χ4v) is 5.37. The maximum Gasteiger partial charge on any atom is 0.243 e. The molecule has 0 bridgehead atoms. The van der Waals surface area contributed by atoms with Crippen LogP contribution in [0.3, 0.4) is 0 Å². The first kappa shape index (κ1) is 14.9. The van der Waals surface area contributed by atoms with E-state index in [2.05, 4.69) is 19.2 Å². The number of piperidine rings is 1. The molecule has 2 aliphatic heterocycles. The number of benzene rings is 1. The van der Waals surface area contributed by atoms with E-state index in [0.29, 0.717) is 18.0 Å². The van der Waals surface area contributed by atoms with Crippen molar-refractivity contribution < 1.29 is 8.42 Å². The Morgan fingerprint density at radius 1 is 1.24 bits per heavy atom. The van der Waals surface area contributed by atoms with E-state index in [9.17, 15) is 8.42 Å². The van der Waals surface area contributed by atoms with Crippen molar-refractivity contribution in [2.45, 2.75) is 44.4 Å². The third-order valence-electron chi connectivity index (χ3n) is 4.54. The summed E-state index contributed by atoms with van der Waals surface area (Å²) in [4.78, 5) is 0.505. The Morgan fingerprint density at radius 3 is 2.81 bits per heavy atom. The monoisotopic (exact) mass is 308 g/mol. The molecule has 2 heterocycles. The lowest BCUT2D eigenvalue weighted by Crippen LogP contribution is -2.43. The molecule has 0 saturated carbocycles. The van der Waals surface area contributed by atoms with Gasteiger partial charge in [-0.05, 0) is 48.8 Å². The van der Waals surface area contributed by atoms with Crippen molar-refractivity contribution in [1.82, 2.24) is 4.31 Å². The van der Waals surface area contributed by atoms with Crippen molar-refractivity contribution >= 4 is 15.7 Å². The van der Waals surface area contributed by atoms with E-state index in [1.165, 1.54) is 0 Å². The first-order chi connectivity index (χ1) is 9.90. The molecule has 0 aromatic heterocycles. The van der Waals surface area contributed by atoms with Gasteiger partial charge in [0.1, 0.15) is 0 Å². The van der Waals surface area contributed by atoms with Crippen molar-refractivity contribution in [3.05, 3.63) is 23.8 Å². The van der Waals surface area contributed by atoms with Gasteiger partial charge in [0, 0.05) is 25.3 Å². The number of rotatable bonds is 2. The van der Waals surface area contributed by atoms with E-state index in [4.69, 9.17) is 0 Å². The smallest absolute Gasteiger partial charge is 0.243 e. The number of nitrogens with one attached hydrogen (secondary N) is 1. The van der Waals surface area contributed by atoms with Gasteiger partial charge in [-0.3, -0.25) is 0 Å². The highest BCUT2D eigenvalue weighted by atomic mass is 32.2. The molecule has 0 aliphatic carbocycles. The van der Waals surface area contributed by atoms with Crippen LogP contribution in [0.5, 0.6) is 0 Å². The summed E-state index contributed by atoms with van der Waals surface area (Å²) < 4.78 is 27.8. The second kappa shape index (κ2) is 5.29. The zero-order valence-corrected chi connectivity index (χ0v) is 13.7. The highest BCUT2D eigenvalue weighted by molar-refractivity contribution is 7.89. The van der Waals surface area contributed by atoms with Gasteiger partial charge in [0.15, 0.2) is 0 Å². The summed E-state index contributed by atoms with van der Waals surface area (Å²) in [7, 11) is -3.38. The topological polar surface area (TPSA) is 49.4 Å². The van der Waals surface area contributed by atoms with Crippen molar-refractivity contribution in [2.24, 2.45) is 5.41 Å². The fraction of sp³-hybridized carbons (Fsp3) is 0.625. The minimum absolute atomic E-state index is 0.0679. The molecule has 2 aliphatic rings. The molecular formula is C16H24N2O2S. The Hall–Kier alpha value is -1.07. The predicted molar refractivity (Wildman–Crippen MR) is 85.0 cm³/mol. The predicted octanol–water partition coefficient (Wildman–Crippen LogP) is 2.86. The van der Waals surface area contributed by atoms with Crippen LogP contribution in [0.1, 0.15) is 38.7 Å². The second-order valence-corrected chi connectivity index (χ2v) is 8.83. The average Bonchev–Trinajstić information content (AvgIpc) is 2.45. The minimum Gasteiger partial charge on any atom is -0.385 e. The Balaban J connectivity index is 1.99. The SMILES string of the molecule is CC1(C)CCCN(S(=O)(=O)c2cccc3c2CCCN3)C1. The zero-order chi connectivity index (χ0) is 15.1. The molecule has 1 aromatic rings. The van der Waals surface area contributed by atoms with E-state index in [0.717, 1.165) is 43.5 Å². The Labute approximate surface area is 127 Å². The van der Waals surface area contributed by atoms with Gasteiger partial charge in [-0.15, -0.1) is 0 Å². The fourth-order valence-electron chi connectivity index (χ4n) is 3.43. The molecule has 4 nitrogen and oxygen atoms in total. The van der Waals surface area contributed by atoms with Crippen molar-refractivity contribution in [3.63, 3.8) is 0 Å². The van der Waals surface area contributed by atoms with Gasteiger partial charge in [-0.1, -0.05) is 19.9 Å². The van der Waals surface area contributed by atoms with Crippen LogP contribution in [0.4, 0.5) is 5.69 Å². The molecule has 1 N–H and O–H groups in total. The third-order valence-corrected chi connectivity index (χ3v) is 6.47. The van der Waals surface area contributed by atoms with Gasteiger partial charge < -0.3 is 5.32 Å². The number of sulfonamides is 1. The summed E-state index contributed by atoms with van der Waals surface area (Å²) in [5.74, 6) is 0. The van der Waals surface area contributed by atoms with Crippen molar-refractivity contribution in [3.8, 4) is 0 Å². The van der Waals surface area contributed by atoms with Gasteiger partial charge in [0.25, 0.3) is 0 Å². The van der Waals surface area contributed by atoms with E-state index < -0.39 is 10.0 Å². The quantitative estimate of drug-likeness (QED) is 0.914.